The molecule has 0 bridgehead atoms. The van der Waals surface area contributed by atoms with Gasteiger partial charge in [-0.15, -0.1) is 12.4 Å². The normalized spacial score (nSPS) is 18.8. The van der Waals surface area contributed by atoms with Crippen LogP contribution in [0.2, 0.25) is 0 Å². The summed E-state index contributed by atoms with van der Waals surface area (Å²) in [5.41, 5.74) is 1.50. The van der Waals surface area contributed by atoms with Crippen LogP contribution in [0.3, 0.4) is 0 Å². The smallest absolute Gasteiger partial charge is 0.241 e. The number of hydrogen-bond donors (Lipinski definition) is 3. The molecular weight excluding hydrogens is 252 g/mol. The molecule has 1 aliphatic heterocycles. The zero-order valence-corrected chi connectivity index (χ0v) is 11.2. The Hall–Kier alpha value is -1.26. The van der Waals surface area contributed by atoms with E-state index >= 15 is 0 Å². The molecule has 0 saturated carbocycles. The van der Waals surface area contributed by atoms with Crippen molar-refractivity contribution in [1.29, 1.82) is 0 Å². The number of halogens is 1. The van der Waals surface area contributed by atoms with E-state index in [0.29, 0.717) is 5.69 Å². The molecule has 1 atom stereocenters. The van der Waals surface area contributed by atoms with Gasteiger partial charge in [-0.1, -0.05) is 12.5 Å². The molecule has 1 aromatic rings. The molecule has 3 N–H and O–H groups in total. The quantitative estimate of drug-likeness (QED) is 0.722. The lowest BCUT2D eigenvalue weighted by Gasteiger charge is -2.22. The van der Waals surface area contributed by atoms with Gasteiger partial charge in [0.2, 0.25) is 5.91 Å². The van der Waals surface area contributed by atoms with E-state index in [-0.39, 0.29) is 30.1 Å². The number of hydrogen-bond acceptors (Lipinski definition) is 3. The highest BCUT2D eigenvalue weighted by Crippen LogP contribution is 2.24. The molecule has 1 amide bonds. The van der Waals surface area contributed by atoms with Crippen molar-refractivity contribution in [2.75, 3.05) is 11.9 Å². The maximum absolute atomic E-state index is 11.9. The second kappa shape index (κ2) is 6.61. The second-order valence-electron chi connectivity index (χ2n) is 4.51. The molecule has 0 aromatic heterocycles. The summed E-state index contributed by atoms with van der Waals surface area (Å²) in [7, 11) is 0. The number of carbonyl (C=O) groups is 1. The number of rotatable bonds is 2. The van der Waals surface area contributed by atoms with E-state index in [1.54, 1.807) is 12.1 Å². The molecule has 0 spiro atoms. The summed E-state index contributed by atoms with van der Waals surface area (Å²) < 4.78 is 0. The van der Waals surface area contributed by atoms with Gasteiger partial charge >= 0.3 is 0 Å². The maximum atomic E-state index is 11.9. The summed E-state index contributed by atoms with van der Waals surface area (Å²) in [6.07, 6.45) is 3.06. The zero-order chi connectivity index (χ0) is 12.3. The van der Waals surface area contributed by atoms with Crippen LogP contribution in [-0.4, -0.2) is 23.6 Å². The van der Waals surface area contributed by atoms with Gasteiger partial charge in [0.15, 0.2) is 0 Å². The molecule has 0 aliphatic carbocycles. The summed E-state index contributed by atoms with van der Waals surface area (Å²) in [4.78, 5) is 11.9. The van der Waals surface area contributed by atoms with Gasteiger partial charge in [-0.3, -0.25) is 4.79 Å². The standard InChI is InChI=1S/C13H18N2O2.ClH/c1-9-5-6-12(16)11(8-9)15-13(17)10-4-2-3-7-14-10;/h5-6,8,10,14,16H,2-4,7H2,1H3,(H,15,17);1H/t10-;/m0./s1. The van der Waals surface area contributed by atoms with Gasteiger partial charge in [0, 0.05) is 0 Å². The van der Waals surface area contributed by atoms with Crippen LogP contribution < -0.4 is 10.6 Å². The Kier molecular flexibility index (Phi) is 5.44. The van der Waals surface area contributed by atoms with Crippen LogP contribution in [-0.2, 0) is 4.79 Å². The first-order valence-corrected chi connectivity index (χ1v) is 6.00. The van der Waals surface area contributed by atoms with Gasteiger partial charge in [0.25, 0.3) is 0 Å². The average Bonchev–Trinajstić information content (AvgIpc) is 2.35. The number of phenolic OH excluding ortho intramolecular Hbond substituents is 1. The molecule has 0 radical (unpaired) electrons. The predicted molar refractivity (Wildman–Crippen MR) is 74.4 cm³/mol. The molecule has 5 heteroatoms. The number of amides is 1. The van der Waals surface area contributed by atoms with E-state index in [9.17, 15) is 9.90 Å². The SMILES string of the molecule is Cc1ccc(O)c(NC(=O)[C@@H]2CCCCN2)c1.Cl. The fourth-order valence-electron chi connectivity index (χ4n) is 2.05. The van der Waals surface area contributed by atoms with Crippen molar-refractivity contribution in [3.05, 3.63) is 23.8 Å². The Morgan fingerprint density at radius 1 is 1.44 bits per heavy atom. The lowest BCUT2D eigenvalue weighted by molar-refractivity contribution is -0.118. The fourth-order valence-corrected chi connectivity index (χ4v) is 2.05. The van der Waals surface area contributed by atoms with E-state index in [2.05, 4.69) is 10.6 Å². The number of phenols is 1. The van der Waals surface area contributed by atoms with Gasteiger partial charge in [-0.05, 0) is 44.0 Å². The Balaban J connectivity index is 0.00000162. The fraction of sp³-hybridized carbons (Fsp3) is 0.462. The largest absolute Gasteiger partial charge is 0.506 e. The van der Waals surface area contributed by atoms with Crippen LogP contribution in [0.15, 0.2) is 18.2 Å². The maximum Gasteiger partial charge on any atom is 0.241 e. The average molecular weight is 271 g/mol. The molecule has 1 aliphatic rings. The summed E-state index contributed by atoms with van der Waals surface area (Å²) in [5, 5.41) is 15.6. The number of aromatic hydroxyl groups is 1. The molecule has 18 heavy (non-hydrogen) atoms. The third kappa shape index (κ3) is 3.62. The summed E-state index contributed by atoms with van der Waals surface area (Å²) >= 11 is 0. The first kappa shape index (κ1) is 14.8. The van der Waals surface area contributed by atoms with Crippen LogP contribution >= 0.6 is 12.4 Å². The monoisotopic (exact) mass is 270 g/mol. The van der Waals surface area contributed by atoms with E-state index in [4.69, 9.17) is 0 Å². The number of benzene rings is 1. The second-order valence-corrected chi connectivity index (χ2v) is 4.51. The molecule has 0 unspecified atom stereocenters. The van der Waals surface area contributed by atoms with Crippen molar-refractivity contribution in [3.8, 4) is 5.75 Å². The molecular formula is C13H19ClN2O2. The number of piperidine rings is 1. The molecule has 2 rings (SSSR count). The van der Waals surface area contributed by atoms with Gasteiger partial charge in [0.1, 0.15) is 5.75 Å². The number of nitrogens with one attached hydrogen (secondary N) is 2. The van der Waals surface area contributed by atoms with Crippen molar-refractivity contribution >= 4 is 24.0 Å². The van der Waals surface area contributed by atoms with Gasteiger partial charge < -0.3 is 15.7 Å². The van der Waals surface area contributed by atoms with Crippen LogP contribution in [0.5, 0.6) is 5.75 Å². The Bertz CT molecular complexity index is 417. The third-order valence-corrected chi connectivity index (χ3v) is 3.04. The number of anilines is 1. The van der Waals surface area contributed by atoms with Crippen molar-refractivity contribution in [2.24, 2.45) is 0 Å². The van der Waals surface area contributed by atoms with Crippen LogP contribution in [0.1, 0.15) is 24.8 Å². The summed E-state index contributed by atoms with van der Waals surface area (Å²) in [6, 6.07) is 5.04. The van der Waals surface area contributed by atoms with Crippen molar-refractivity contribution in [3.63, 3.8) is 0 Å². The first-order chi connectivity index (χ1) is 8.16. The van der Waals surface area contributed by atoms with E-state index in [1.807, 2.05) is 13.0 Å². The highest BCUT2D eigenvalue weighted by atomic mass is 35.5. The third-order valence-electron chi connectivity index (χ3n) is 3.04. The van der Waals surface area contributed by atoms with E-state index in [0.717, 1.165) is 31.4 Å². The highest BCUT2D eigenvalue weighted by Gasteiger charge is 2.21. The molecule has 4 nitrogen and oxygen atoms in total. The minimum Gasteiger partial charge on any atom is -0.506 e. The van der Waals surface area contributed by atoms with Gasteiger partial charge in [0.05, 0.1) is 11.7 Å². The topological polar surface area (TPSA) is 61.4 Å². The molecule has 1 heterocycles. The lowest BCUT2D eigenvalue weighted by Crippen LogP contribution is -2.43. The Morgan fingerprint density at radius 3 is 2.89 bits per heavy atom. The van der Waals surface area contributed by atoms with Crippen LogP contribution in [0, 0.1) is 6.92 Å². The summed E-state index contributed by atoms with van der Waals surface area (Å²) in [6.45, 7) is 2.81. The van der Waals surface area contributed by atoms with Crippen molar-refractivity contribution in [1.82, 2.24) is 5.32 Å². The van der Waals surface area contributed by atoms with E-state index < -0.39 is 0 Å². The molecule has 1 saturated heterocycles. The highest BCUT2D eigenvalue weighted by molar-refractivity contribution is 5.96. The van der Waals surface area contributed by atoms with Crippen molar-refractivity contribution in [2.45, 2.75) is 32.2 Å². The van der Waals surface area contributed by atoms with Gasteiger partial charge in [-0.25, -0.2) is 0 Å². The Labute approximate surface area is 113 Å². The van der Waals surface area contributed by atoms with Gasteiger partial charge in [-0.2, -0.15) is 0 Å². The van der Waals surface area contributed by atoms with Crippen molar-refractivity contribution < 1.29 is 9.90 Å². The molecule has 1 aromatic carbocycles. The molecule has 100 valence electrons. The minimum absolute atomic E-state index is 0. The summed E-state index contributed by atoms with van der Waals surface area (Å²) in [5.74, 6) is 0.0466. The number of aryl methyl sites for hydroxylation is 1. The zero-order valence-electron chi connectivity index (χ0n) is 10.4. The molecule has 1 fully saturated rings. The lowest BCUT2D eigenvalue weighted by atomic mass is 10.0. The van der Waals surface area contributed by atoms with E-state index in [1.165, 1.54) is 0 Å². The Morgan fingerprint density at radius 2 is 2.22 bits per heavy atom. The minimum atomic E-state index is -0.135. The van der Waals surface area contributed by atoms with Crippen LogP contribution in [0.4, 0.5) is 5.69 Å². The number of carbonyl (C=O) groups excluding carboxylic acids is 1. The first-order valence-electron chi connectivity index (χ1n) is 6.00. The van der Waals surface area contributed by atoms with Crippen LogP contribution in [0.25, 0.3) is 0 Å². The predicted octanol–water partition coefficient (Wildman–Crippen LogP) is 2.20.